The summed E-state index contributed by atoms with van der Waals surface area (Å²) in [5.74, 6) is 1.44. The van der Waals surface area contributed by atoms with E-state index in [-0.39, 0.29) is 6.17 Å². The second-order valence-electron chi connectivity index (χ2n) is 14.2. The number of nitrogens with zero attached hydrogens (tertiary/aromatic N) is 3. The van der Waals surface area contributed by atoms with Gasteiger partial charge in [0, 0.05) is 32.7 Å². The summed E-state index contributed by atoms with van der Waals surface area (Å²) in [7, 11) is 0. The van der Waals surface area contributed by atoms with E-state index in [1.807, 2.05) is 36.4 Å². The number of hydrogen-bond acceptors (Lipinski definition) is 4. The molecule has 0 aliphatic carbocycles. The number of amidine groups is 2. The third kappa shape index (κ3) is 5.40. The van der Waals surface area contributed by atoms with Gasteiger partial charge in [0.05, 0.1) is 16.7 Å². The van der Waals surface area contributed by atoms with Gasteiger partial charge in [-0.25, -0.2) is 9.98 Å². The second-order valence-corrected chi connectivity index (χ2v) is 14.2. The van der Waals surface area contributed by atoms with Crippen LogP contribution in [0.25, 0.3) is 71.7 Å². The fourth-order valence-corrected chi connectivity index (χ4v) is 8.13. The van der Waals surface area contributed by atoms with Crippen LogP contribution < -0.4 is 5.32 Å². The van der Waals surface area contributed by atoms with Crippen molar-refractivity contribution in [2.24, 2.45) is 9.98 Å². The van der Waals surface area contributed by atoms with E-state index in [9.17, 15) is 0 Å². The Morgan fingerprint density at radius 3 is 1.64 bits per heavy atom. The van der Waals surface area contributed by atoms with E-state index in [1.165, 1.54) is 33.0 Å². The van der Waals surface area contributed by atoms with Gasteiger partial charge in [0.15, 0.2) is 11.4 Å². The first-order valence-electron chi connectivity index (χ1n) is 18.9. The Hall–Kier alpha value is -7.50. The number of furan rings is 1. The maximum atomic E-state index is 6.91. The molecule has 1 aliphatic rings. The van der Waals surface area contributed by atoms with Gasteiger partial charge in [-0.1, -0.05) is 152 Å². The lowest BCUT2D eigenvalue weighted by atomic mass is 10.0. The number of aliphatic imine (C=N–C) groups is 2. The van der Waals surface area contributed by atoms with Crippen molar-refractivity contribution in [3.05, 3.63) is 211 Å². The molecule has 56 heavy (non-hydrogen) atoms. The number of nitrogens with one attached hydrogen (secondary N) is 1. The van der Waals surface area contributed by atoms with E-state index in [0.29, 0.717) is 5.84 Å². The van der Waals surface area contributed by atoms with Crippen LogP contribution >= 0.6 is 0 Å². The number of hydrogen-bond donors (Lipinski definition) is 1. The minimum Gasteiger partial charge on any atom is -0.454 e. The topological polar surface area (TPSA) is 54.8 Å². The monoisotopic (exact) mass is 718 g/mol. The maximum absolute atomic E-state index is 6.91. The third-order valence-electron chi connectivity index (χ3n) is 10.9. The number of benzene rings is 8. The van der Waals surface area contributed by atoms with E-state index in [2.05, 4.69) is 168 Å². The Bertz CT molecular complexity index is 3050. The summed E-state index contributed by atoms with van der Waals surface area (Å²) in [5.41, 5.74) is 12.6. The Kier molecular flexibility index (Phi) is 7.49. The Morgan fingerprint density at radius 2 is 1.02 bits per heavy atom. The van der Waals surface area contributed by atoms with Gasteiger partial charge in [-0.05, 0) is 70.3 Å². The molecule has 264 valence electrons. The summed E-state index contributed by atoms with van der Waals surface area (Å²) < 4.78 is 9.27. The molecule has 1 N–H and O–H groups in total. The van der Waals surface area contributed by atoms with Gasteiger partial charge in [-0.3, -0.25) is 0 Å². The predicted octanol–water partition coefficient (Wildman–Crippen LogP) is 12.5. The van der Waals surface area contributed by atoms with Crippen LogP contribution in [0.5, 0.6) is 0 Å². The van der Waals surface area contributed by atoms with Crippen molar-refractivity contribution in [1.29, 1.82) is 0 Å². The molecule has 11 rings (SSSR count). The summed E-state index contributed by atoms with van der Waals surface area (Å²) in [6, 6.07) is 68.1. The molecule has 1 aliphatic heterocycles. The van der Waals surface area contributed by atoms with Crippen LogP contribution in [0.1, 0.15) is 22.9 Å². The zero-order chi connectivity index (χ0) is 37.0. The summed E-state index contributed by atoms with van der Waals surface area (Å²) >= 11 is 0. The Labute approximate surface area is 323 Å². The molecule has 3 heterocycles. The third-order valence-corrected chi connectivity index (χ3v) is 10.9. The van der Waals surface area contributed by atoms with Gasteiger partial charge >= 0.3 is 0 Å². The number of fused-ring (bicyclic) bond motifs is 6. The fraction of sp³-hybridized carbons (Fsp3) is 0.0196. The molecule has 1 unspecified atom stereocenters. The van der Waals surface area contributed by atoms with Crippen LogP contribution in [0.4, 0.5) is 0 Å². The molecule has 8 aromatic carbocycles. The van der Waals surface area contributed by atoms with Crippen molar-refractivity contribution in [3.63, 3.8) is 0 Å². The highest BCUT2D eigenvalue weighted by atomic mass is 16.3. The van der Waals surface area contributed by atoms with Crippen molar-refractivity contribution in [3.8, 4) is 27.9 Å². The molecule has 2 aromatic heterocycles. The fourth-order valence-electron chi connectivity index (χ4n) is 8.13. The number of aromatic nitrogens is 1. The van der Waals surface area contributed by atoms with Gasteiger partial charge in [0.25, 0.3) is 0 Å². The molecule has 5 heteroatoms. The summed E-state index contributed by atoms with van der Waals surface area (Å²) in [6.07, 6.45) is -0.281. The molecule has 0 fully saturated rings. The number of rotatable bonds is 6. The molecule has 0 saturated heterocycles. The molecule has 0 saturated carbocycles. The second kappa shape index (κ2) is 13.1. The average molecular weight is 719 g/mol. The van der Waals surface area contributed by atoms with Crippen molar-refractivity contribution in [2.75, 3.05) is 0 Å². The molecular formula is C51H34N4O. The van der Waals surface area contributed by atoms with E-state index in [1.54, 1.807) is 0 Å². The molecular weight excluding hydrogens is 685 g/mol. The summed E-state index contributed by atoms with van der Waals surface area (Å²) in [4.78, 5) is 10.1. The molecule has 0 spiro atoms. The molecule has 0 radical (unpaired) electrons. The van der Waals surface area contributed by atoms with Gasteiger partial charge in [-0.15, -0.1) is 0 Å². The standard InChI is InChI=1S/C51H34N4O/c1-5-14-33(15-6-1)37-25-28-44-42(30-37)43-31-38(34-16-7-2-8-17-34)26-29-45(43)55(44)46-23-13-22-41-40-27-24-39(32-47(40)56-48(41)46)51-53-49(35-18-9-3-10-19-35)52-50(54-51)36-20-11-4-12-21-36/h1-32,49H,(H,52,53,54). The first kappa shape index (κ1) is 32.0. The molecule has 0 amide bonds. The van der Waals surface area contributed by atoms with Crippen LogP contribution in [0.2, 0.25) is 0 Å². The Balaban J connectivity index is 1.07. The molecule has 1 atom stereocenters. The van der Waals surface area contributed by atoms with Gasteiger partial charge in [0.1, 0.15) is 17.6 Å². The maximum Gasteiger partial charge on any atom is 0.159 e. The highest BCUT2D eigenvalue weighted by Crippen LogP contribution is 2.41. The largest absolute Gasteiger partial charge is 0.454 e. The number of para-hydroxylation sites is 1. The lowest BCUT2D eigenvalue weighted by Crippen LogP contribution is -2.33. The van der Waals surface area contributed by atoms with Gasteiger partial charge < -0.3 is 14.3 Å². The first-order valence-corrected chi connectivity index (χ1v) is 18.9. The van der Waals surface area contributed by atoms with E-state index >= 15 is 0 Å². The van der Waals surface area contributed by atoms with Crippen molar-refractivity contribution >= 4 is 55.4 Å². The SMILES string of the molecule is c1ccc(C2=NC(c3ccccc3)NC(c3ccc4c(c3)oc3c(-n5c6ccc(-c7ccccc7)cc6c6cc(-c7ccccc7)ccc65)cccc34)=N2)cc1. The Morgan fingerprint density at radius 1 is 0.446 bits per heavy atom. The van der Waals surface area contributed by atoms with E-state index in [4.69, 9.17) is 14.4 Å². The zero-order valence-electron chi connectivity index (χ0n) is 30.3. The van der Waals surface area contributed by atoms with Gasteiger partial charge in [0.2, 0.25) is 0 Å². The summed E-state index contributed by atoms with van der Waals surface area (Å²) in [6.45, 7) is 0. The quantitative estimate of drug-likeness (QED) is 0.186. The minimum absolute atomic E-state index is 0.281. The molecule has 5 nitrogen and oxygen atoms in total. The van der Waals surface area contributed by atoms with Crippen molar-refractivity contribution < 1.29 is 4.42 Å². The van der Waals surface area contributed by atoms with Crippen LogP contribution in [-0.4, -0.2) is 16.2 Å². The lowest BCUT2D eigenvalue weighted by Gasteiger charge is -2.23. The van der Waals surface area contributed by atoms with E-state index < -0.39 is 0 Å². The van der Waals surface area contributed by atoms with Crippen molar-refractivity contribution in [1.82, 2.24) is 9.88 Å². The smallest absolute Gasteiger partial charge is 0.159 e. The van der Waals surface area contributed by atoms with Crippen LogP contribution in [-0.2, 0) is 0 Å². The molecule has 0 bridgehead atoms. The highest BCUT2D eigenvalue weighted by Gasteiger charge is 2.23. The molecule has 10 aromatic rings. The van der Waals surface area contributed by atoms with Crippen molar-refractivity contribution in [2.45, 2.75) is 6.17 Å². The van der Waals surface area contributed by atoms with Gasteiger partial charge in [-0.2, -0.15) is 0 Å². The normalized spacial score (nSPS) is 14.2. The predicted molar refractivity (Wildman–Crippen MR) is 231 cm³/mol. The lowest BCUT2D eigenvalue weighted by molar-refractivity contribution is 0.664. The van der Waals surface area contributed by atoms with Crippen LogP contribution in [0.3, 0.4) is 0 Å². The minimum atomic E-state index is -0.281. The zero-order valence-corrected chi connectivity index (χ0v) is 30.3. The first-order chi connectivity index (χ1) is 27.7. The summed E-state index contributed by atoms with van der Waals surface area (Å²) in [5, 5.41) is 8.11. The van der Waals surface area contributed by atoms with Crippen LogP contribution in [0, 0.1) is 0 Å². The van der Waals surface area contributed by atoms with Crippen LogP contribution in [0.15, 0.2) is 209 Å². The average Bonchev–Trinajstić information content (AvgIpc) is 3.82. The van der Waals surface area contributed by atoms with E-state index in [0.717, 1.165) is 61.2 Å². The highest BCUT2D eigenvalue weighted by molar-refractivity contribution is 6.16.